The number of rotatable bonds is 4. The maximum absolute atomic E-state index is 6.13. The summed E-state index contributed by atoms with van der Waals surface area (Å²) in [5.74, 6) is 1.00. The van der Waals surface area contributed by atoms with Gasteiger partial charge >= 0.3 is 0 Å². The van der Waals surface area contributed by atoms with E-state index in [0.29, 0.717) is 17.4 Å². The van der Waals surface area contributed by atoms with E-state index in [1.165, 1.54) is 0 Å². The van der Waals surface area contributed by atoms with Crippen LogP contribution in [-0.2, 0) is 0 Å². The molecule has 31 heavy (non-hydrogen) atoms. The number of pyridine rings is 3. The van der Waals surface area contributed by atoms with Crippen molar-refractivity contribution in [2.24, 2.45) is 4.99 Å². The Labute approximate surface area is 183 Å². The lowest BCUT2D eigenvalue weighted by atomic mass is 10.1. The van der Waals surface area contributed by atoms with E-state index >= 15 is 0 Å². The molecule has 0 spiro atoms. The molecule has 3 aromatic rings. The van der Waals surface area contributed by atoms with Crippen molar-refractivity contribution in [1.82, 2.24) is 20.3 Å². The van der Waals surface area contributed by atoms with Crippen molar-refractivity contribution in [1.29, 1.82) is 0 Å². The molecule has 0 aromatic carbocycles. The van der Waals surface area contributed by atoms with Crippen LogP contribution in [0.4, 0.5) is 11.5 Å². The fraction of sp³-hybridized carbons (Fsp3) is 0.417. The van der Waals surface area contributed by atoms with Crippen LogP contribution in [0.2, 0.25) is 0 Å². The molecule has 1 fully saturated rings. The number of anilines is 2. The van der Waals surface area contributed by atoms with Gasteiger partial charge in [0, 0.05) is 37.9 Å². The van der Waals surface area contributed by atoms with Gasteiger partial charge in [0.25, 0.3) is 0 Å². The second-order valence-electron chi connectivity index (χ2n) is 9.24. The van der Waals surface area contributed by atoms with Gasteiger partial charge in [-0.3, -0.25) is 4.99 Å². The van der Waals surface area contributed by atoms with Crippen molar-refractivity contribution in [2.75, 3.05) is 30.8 Å². The number of aliphatic imine (C=N–C) groups is 1. The summed E-state index contributed by atoms with van der Waals surface area (Å²) in [7, 11) is 1.71. The third-order valence-electron chi connectivity index (χ3n) is 5.49. The normalized spacial score (nSPS) is 17.2. The standard InChI is InChI=1S/C24H31N7/c1-15-12-20(28-21(13-26-5)23(15)25)19-7-6-18-17(27-19)8-9-22(29-18)31-11-10-16(14-31)30-24(2,3)4/h6-9,12-13,16,30H,10-11,14,25H2,1-5H3. The van der Waals surface area contributed by atoms with E-state index in [1.54, 1.807) is 13.3 Å². The predicted molar refractivity (Wildman–Crippen MR) is 129 cm³/mol. The first kappa shape index (κ1) is 21.2. The number of fused-ring (bicyclic) bond motifs is 1. The average molecular weight is 418 g/mol. The lowest BCUT2D eigenvalue weighted by Gasteiger charge is -2.26. The smallest absolute Gasteiger partial charge is 0.129 e. The number of hydrogen-bond acceptors (Lipinski definition) is 7. The van der Waals surface area contributed by atoms with E-state index in [4.69, 9.17) is 15.7 Å². The number of nitrogens with zero attached hydrogens (tertiary/aromatic N) is 5. The van der Waals surface area contributed by atoms with Gasteiger partial charge in [0.15, 0.2) is 0 Å². The molecular weight excluding hydrogens is 386 g/mol. The summed E-state index contributed by atoms with van der Waals surface area (Å²) in [5.41, 5.74) is 11.8. The minimum Gasteiger partial charge on any atom is -0.397 e. The van der Waals surface area contributed by atoms with Crippen molar-refractivity contribution < 1.29 is 0 Å². The molecule has 1 unspecified atom stereocenters. The van der Waals surface area contributed by atoms with Gasteiger partial charge in [0.2, 0.25) is 0 Å². The van der Waals surface area contributed by atoms with Crippen molar-refractivity contribution in [3.05, 3.63) is 41.6 Å². The molecule has 0 radical (unpaired) electrons. The van der Waals surface area contributed by atoms with Gasteiger partial charge in [-0.15, -0.1) is 0 Å². The van der Waals surface area contributed by atoms with E-state index in [2.05, 4.69) is 47.0 Å². The van der Waals surface area contributed by atoms with Crippen molar-refractivity contribution in [2.45, 2.75) is 45.7 Å². The molecule has 0 aliphatic carbocycles. The van der Waals surface area contributed by atoms with Gasteiger partial charge in [0.05, 0.1) is 28.1 Å². The van der Waals surface area contributed by atoms with Gasteiger partial charge in [-0.05, 0) is 70.0 Å². The highest BCUT2D eigenvalue weighted by Crippen LogP contribution is 2.26. The highest BCUT2D eigenvalue weighted by atomic mass is 15.2. The van der Waals surface area contributed by atoms with Crippen LogP contribution in [0.25, 0.3) is 22.4 Å². The molecular formula is C24H31N7. The average Bonchev–Trinajstić information content (AvgIpc) is 3.17. The monoisotopic (exact) mass is 417 g/mol. The lowest BCUT2D eigenvalue weighted by Crippen LogP contribution is -2.44. The summed E-state index contributed by atoms with van der Waals surface area (Å²) < 4.78 is 0. The third kappa shape index (κ3) is 4.66. The maximum Gasteiger partial charge on any atom is 0.129 e. The Morgan fingerprint density at radius 3 is 2.58 bits per heavy atom. The molecule has 1 aliphatic heterocycles. The zero-order valence-corrected chi connectivity index (χ0v) is 19.0. The summed E-state index contributed by atoms with van der Waals surface area (Å²) in [6, 6.07) is 10.5. The second kappa shape index (κ2) is 8.23. The summed E-state index contributed by atoms with van der Waals surface area (Å²) >= 11 is 0. The molecule has 7 heteroatoms. The van der Waals surface area contributed by atoms with Crippen LogP contribution in [0.15, 0.2) is 35.3 Å². The van der Waals surface area contributed by atoms with Crippen LogP contribution in [0.1, 0.15) is 38.4 Å². The van der Waals surface area contributed by atoms with Gasteiger partial charge in [0.1, 0.15) is 11.5 Å². The van der Waals surface area contributed by atoms with Gasteiger partial charge in [-0.2, -0.15) is 0 Å². The first-order valence-corrected chi connectivity index (χ1v) is 10.7. The Morgan fingerprint density at radius 2 is 1.84 bits per heavy atom. The van der Waals surface area contributed by atoms with Crippen molar-refractivity contribution in [3.8, 4) is 11.4 Å². The molecule has 1 saturated heterocycles. The quantitative estimate of drug-likeness (QED) is 0.630. The van der Waals surface area contributed by atoms with Gasteiger partial charge in [-0.25, -0.2) is 15.0 Å². The van der Waals surface area contributed by atoms with E-state index in [1.807, 2.05) is 31.2 Å². The number of hydrogen-bond donors (Lipinski definition) is 2. The van der Waals surface area contributed by atoms with E-state index in [0.717, 1.165) is 53.3 Å². The molecule has 0 bridgehead atoms. The van der Waals surface area contributed by atoms with Crippen molar-refractivity contribution in [3.63, 3.8) is 0 Å². The topological polar surface area (TPSA) is 92.3 Å². The van der Waals surface area contributed by atoms with Crippen LogP contribution in [0.3, 0.4) is 0 Å². The second-order valence-corrected chi connectivity index (χ2v) is 9.24. The molecule has 1 aliphatic rings. The lowest BCUT2D eigenvalue weighted by molar-refractivity contribution is 0.373. The number of aryl methyl sites for hydroxylation is 1. The highest BCUT2D eigenvalue weighted by molar-refractivity contribution is 5.87. The van der Waals surface area contributed by atoms with Crippen LogP contribution in [0.5, 0.6) is 0 Å². The molecule has 4 heterocycles. The first-order valence-electron chi connectivity index (χ1n) is 10.7. The molecule has 0 amide bonds. The summed E-state index contributed by atoms with van der Waals surface area (Å²) in [6.07, 6.45) is 2.80. The molecule has 3 N–H and O–H groups in total. The fourth-order valence-electron chi connectivity index (χ4n) is 4.08. The van der Waals surface area contributed by atoms with E-state index < -0.39 is 0 Å². The van der Waals surface area contributed by atoms with E-state index in [9.17, 15) is 0 Å². The SMILES string of the molecule is CN=Cc1nc(-c2ccc3nc(N4CCC(NC(C)(C)C)C4)ccc3n2)cc(C)c1N. The number of nitrogens with two attached hydrogens (primary N) is 1. The Hall–Kier alpha value is -3.06. The largest absolute Gasteiger partial charge is 0.397 e. The minimum atomic E-state index is 0.120. The molecule has 4 rings (SSSR count). The van der Waals surface area contributed by atoms with Crippen LogP contribution in [0, 0.1) is 6.92 Å². The van der Waals surface area contributed by atoms with Gasteiger partial charge < -0.3 is 16.0 Å². The zero-order chi connectivity index (χ0) is 22.2. The summed E-state index contributed by atoms with van der Waals surface area (Å²) in [6.45, 7) is 10.6. The first-order chi connectivity index (χ1) is 14.7. The molecule has 1 atom stereocenters. The van der Waals surface area contributed by atoms with Crippen molar-refractivity contribution >= 4 is 28.8 Å². The fourth-order valence-corrected chi connectivity index (χ4v) is 4.08. The Bertz CT molecular complexity index is 1130. The summed E-state index contributed by atoms with van der Waals surface area (Å²) in [5, 5.41) is 3.70. The number of nitrogen functional groups attached to an aromatic ring is 1. The number of nitrogens with one attached hydrogen (secondary N) is 1. The third-order valence-corrected chi connectivity index (χ3v) is 5.49. The van der Waals surface area contributed by atoms with Crippen LogP contribution >= 0.6 is 0 Å². The Balaban J connectivity index is 1.60. The van der Waals surface area contributed by atoms with Crippen LogP contribution in [-0.4, -0.2) is 52.9 Å². The molecule has 3 aromatic heterocycles. The minimum absolute atomic E-state index is 0.120. The zero-order valence-electron chi connectivity index (χ0n) is 19.0. The highest BCUT2D eigenvalue weighted by Gasteiger charge is 2.26. The molecule has 162 valence electrons. The Kier molecular flexibility index (Phi) is 5.62. The van der Waals surface area contributed by atoms with E-state index in [-0.39, 0.29) is 5.54 Å². The number of aromatic nitrogens is 3. The Morgan fingerprint density at radius 1 is 1.10 bits per heavy atom. The molecule has 0 saturated carbocycles. The van der Waals surface area contributed by atoms with Crippen LogP contribution < -0.4 is 16.0 Å². The van der Waals surface area contributed by atoms with Gasteiger partial charge in [-0.1, -0.05) is 0 Å². The molecule has 7 nitrogen and oxygen atoms in total. The predicted octanol–water partition coefficient (Wildman–Crippen LogP) is 3.60. The maximum atomic E-state index is 6.13. The summed E-state index contributed by atoms with van der Waals surface area (Å²) in [4.78, 5) is 20.7.